The number of hydrogen-bond acceptors (Lipinski definition) is 5. The number of hydrogen-bond donors (Lipinski definition) is 4. The third kappa shape index (κ3) is 6.50. The van der Waals surface area contributed by atoms with Crippen molar-refractivity contribution in [2.75, 3.05) is 6.54 Å². The van der Waals surface area contributed by atoms with E-state index in [-0.39, 0.29) is 23.2 Å². The smallest absolute Gasteiger partial charge is 0.408 e. The van der Waals surface area contributed by atoms with Crippen molar-refractivity contribution in [2.45, 2.75) is 32.9 Å². The zero-order chi connectivity index (χ0) is 19.2. The van der Waals surface area contributed by atoms with Gasteiger partial charge in [0.15, 0.2) is 0 Å². The lowest BCUT2D eigenvalue weighted by molar-refractivity contribution is -0.120. The van der Waals surface area contributed by atoms with Crippen molar-refractivity contribution < 1.29 is 34.1 Å². The summed E-state index contributed by atoms with van der Waals surface area (Å²) in [6.07, 6.45) is -0.778. The van der Waals surface area contributed by atoms with Crippen LogP contribution in [-0.2, 0) is 16.1 Å². The minimum atomic E-state index is -1.31. The number of ether oxygens (including phenoxy) is 1. The monoisotopic (exact) mass is 352 g/mol. The molecule has 0 saturated carbocycles. The first-order valence-electron chi connectivity index (χ1n) is 7.33. The first kappa shape index (κ1) is 19.9. The molecule has 2 amide bonds. The summed E-state index contributed by atoms with van der Waals surface area (Å²) < 4.78 is 4.97. The maximum absolute atomic E-state index is 11.8. The number of alkyl carbamates (subject to hydrolysis) is 1. The van der Waals surface area contributed by atoms with Gasteiger partial charge in [-0.15, -0.1) is 0 Å². The van der Waals surface area contributed by atoms with E-state index in [4.69, 9.17) is 14.9 Å². The third-order valence-corrected chi connectivity index (χ3v) is 2.89. The molecule has 0 unspecified atom stereocenters. The van der Waals surface area contributed by atoms with Gasteiger partial charge < -0.3 is 25.6 Å². The Morgan fingerprint density at radius 3 is 1.96 bits per heavy atom. The molecule has 0 fully saturated rings. The Bertz CT molecular complexity index is 660. The summed E-state index contributed by atoms with van der Waals surface area (Å²) in [6.45, 7) is 4.31. The molecule has 1 aromatic rings. The summed E-state index contributed by atoms with van der Waals surface area (Å²) >= 11 is 0. The van der Waals surface area contributed by atoms with Crippen LogP contribution in [0.3, 0.4) is 0 Å². The SMILES string of the molecule is CC(C)(C)OC(=O)NCC(=O)NCc1c(C(=O)O)cccc1C(=O)O. The molecule has 0 bridgehead atoms. The van der Waals surface area contributed by atoms with E-state index in [2.05, 4.69) is 10.6 Å². The average molecular weight is 352 g/mol. The van der Waals surface area contributed by atoms with Crippen LogP contribution in [0.1, 0.15) is 47.1 Å². The summed E-state index contributed by atoms with van der Waals surface area (Å²) in [5.74, 6) is -3.24. The lowest BCUT2D eigenvalue weighted by atomic mass is 10.0. The van der Waals surface area contributed by atoms with Gasteiger partial charge in [-0.2, -0.15) is 0 Å². The van der Waals surface area contributed by atoms with E-state index < -0.39 is 36.1 Å². The Balaban J connectivity index is 2.72. The minimum Gasteiger partial charge on any atom is -0.478 e. The summed E-state index contributed by atoms with van der Waals surface area (Å²) in [7, 11) is 0. The number of benzene rings is 1. The van der Waals surface area contributed by atoms with E-state index in [1.165, 1.54) is 18.2 Å². The Kier molecular flexibility index (Phi) is 6.49. The number of carbonyl (C=O) groups is 4. The standard InChI is InChI=1S/C16H20N2O7/c1-16(2,3)25-15(24)18-8-12(19)17-7-11-9(13(20)21)5-4-6-10(11)14(22)23/h4-6H,7-8H2,1-3H3,(H,17,19)(H,18,24)(H,20,21)(H,22,23). The maximum Gasteiger partial charge on any atom is 0.408 e. The quantitative estimate of drug-likeness (QED) is 0.603. The van der Waals surface area contributed by atoms with Crippen LogP contribution in [0.15, 0.2) is 18.2 Å². The molecule has 9 heteroatoms. The Morgan fingerprint density at radius 1 is 1.00 bits per heavy atom. The summed E-state index contributed by atoms with van der Waals surface area (Å²) in [5, 5.41) is 22.9. The van der Waals surface area contributed by atoms with Crippen LogP contribution in [0, 0.1) is 0 Å². The first-order chi connectivity index (χ1) is 11.5. The molecule has 0 spiro atoms. The van der Waals surface area contributed by atoms with Crippen molar-refractivity contribution in [3.05, 3.63) is 34.9 Å². The van der Waals surface area contributed by atoms with Crippen LogP contribution in [0.5, 0.6) is 0 Å². The molecule has 1 rings (SSSR count). The van der Waals surface area contributed by atoms with Gasteiger partial charge in [0.2, 0.25) is 5.91 Å². The molecule has 1 aromatic carbocycles. The number of nitrogens with one attached hydrogen (secondary N) is 2. The minimum absolute atomic E-state index is 0.0341. The number of rotatable bonds is 6. The van der Waals surface area contributed by atoms with Crippen molar-refractivity contribution in [3.8, 4) is 0 Å². The van der Waals surface area contributed by atoms with Crippen molar-refractivity contribution in [1.29, 1.82) is 0 Å². The molecule has 0 radical (unpaired) electrons. The van der Waals surface area contributed by atoms with Gasteiger partial charge in [0.05, 0.1) is 11.1 Å². The second-order valence-electron chi connectivity index (χ2n) is 6.07. The van der Waals surface area contributed by atoms with Crippen LogP contribution in [0.25, 0.3) is 0 Å². The number of aromatic carboxylic acids is 2. The molecule has 0 aliphatic rings. The zero-order valence-electron chi connectivity index (χ0n) is 14.1. The molecule has 4 N–H and O–H groups in total. The van der Waals surface area contributed by atoms with Crippen LogP contribution in [-0.4, -0.2) is 46.3 Å². The zero-order valence-corrected chi connectivity index (χ0v) is 14.1. The van der Waals surface area contributed by atoms with Crippen molar-refractivity contribution in [1.82, 2.24) is 10.6 Å². The Labute approximate surface area is 144 Å². The van der Waals surface area contributed by atoms with Crippen LogP contribution >= 0.6 is 0 Å². The Hall–Kier alpha value is -3.10. The van der Waals surface area contributed by atoms with Crippen LogP contribution < -0.4 is 10.6 Å². The van der Waals surface area contributed by atoms with E-state index >= 15 is 0 Å². The Morgan fingerprint density at radius 2 is 1.52 bits per heavy atom. The molecule has 0 saturated heterocycles. The maximum atomic E-state index is 11.8. The van der Waals surface area contributed by atoms with Gasteiger partial charge in [0.25, 0.3) is 0 Å². The molecule has 0 aliphatic carbocycles. The number of carboxylic acids is 2. The summed E-state index contributed by atoms with van der Waals surface area (Å²) in [6, 6.07) is 3.80. The van der Waals surface area contributed by atoms with Gasteiger partial charge in [-0.25, -0.2) is 14.4 Å². The van der Waals surface area contributed by atoms with Gasteiger partial charge in [-0.05, 0) is 32.9 Å². The van der Waals surface area contributed by atoms with Crippen LogP contribution in [0.4, 0.5) is 4.79 Å². The molecule has 25 heavy (non-hydrogen) atoms. The molecule has 0 aliphatic heterocycles. The molecule has 9 nitrogen and oxygen atoms in total. The van der Waals surface area contributed by atoms with Gasteiger partial charge in [-0.1, -0.05) is 6.07 Å². The number of carboxylic acid groups (broad SMARTS) is 2. The predicted octanol–water partition coefficient (Wildman–Crippen LogP) is 1.22. The van der Waals surface area contributed by atoms with Crippen molar-refractivity contribution in [2.24, 2.45) is 0 Å². The lowest BCUT2D eigenvalue weighted by Crippen LogP contribution is -2.39. The van der Waals surface area contributed by atoms with E-state index in [1.54, 1.807) is 20.8 Å². The third-order valence-electron chi connectivity index (χ3n) is 2.89. The fourth-order valence-electron chi connectivity index (χ4n) is 1.89. The topological polar surface area (TPSA) is 142 Å². The first-order valence-corrected chi connectivity index (χ1v) is 7.33. The molecule has 0 aromatic heterocycles. The highest BCUT2D eigenvalue weighted by molar-refractivity contribution is 5.96. The molecule has 0 atom stereocenters. The van der Waals surface area contributed by atoms with Gasteiger partial charge >= 0.3 is 18.0 Å². The largest absolute Gasteiger partial charge is 0.478 e. The lowest BCUT2D eigenvalue weighted by Gasteiger charge is -2.19. The molecule has 0 heterocycles. The van der Waals surface area contributed by atoms with Crippen LogP contribution in [0.2, 0.25) is 0 Å². The number of amides is 2. The van der Waals surface area contributed by atoms with E-state index in [9.17, 15) is 19.2 Å². The highest BCUT2D eigenvalue weighted by Gasteiger charge is 2.19. The van der Waals surface area contributed by atoms with Crippen molar-refractivity contribution >= 4 is 23.9 Å². The normalized spacial score (nSPS) is 10.7. The summed E-state index contributed by atoms with van der Waals surface area (Å²) in [4.78, 5) is 45.6. The highest BCUT2D eigenvalue weighted by Crippen LogP contribution is 2.15. The molecular formula is C16H20N2O7. The van der Waals surface area contributed by atoms with Gasteiger partial charge in [-0.3, -0.25) is 4.79 Å². The van der Waals surface area contributed by atoms with Gasteiger partial charge in [0, 0.05) is 12.1 Å². The highest BCUT2D eigenvalue weighted by atomic mass is 16.6. The number of carbonyl (C=O) groups excluding carboxylic acids is 2. The molecule has 136 valence electrons. The van der Waals surface area contributed by atoms with E-state index in [0.29, 0.717) is 0 Å². The van der Waals surface area contributed by atoms with Crippen molar-refractivity contribution in [3.63, 3.8) is 0 Å². The average Bonchev–Trinajstić information content (AvgIpc) is 2.48. The fraction of sp³-hybridized carbons (Fsp3) is 0.375. The second kappa shape index (κ2) is 8.13. The summed E-state index contributed by atoms with van der Waals surface area (Å²) in [5.41, 5.74) is -1.19. The second-order valence-corrected chi connectivity index (χ2v) is 6.07. The predicted molar refractivity (Wildman–Crippen MR) is 86.4 cm³/mol. The van der Waals surface area contributed by atoms with E-state index in [1.807, 2.05) is 0 Å². The fourth-order valence-corrected chi connectivity index (χ4v) is 1.89. The van der Waals surface area contributed by atoms with E-state index in [0.717, 1.165) is 0 Å². The van der Waals surface area contributed by atoms with Gasteiger partial charge in [0.1, 0.15) is 12.1 Å². The molecular weight excluding hydrogens is 332 g/mol.